The Morgan fingerprint density at radius 1 is 1.03 bits per heavy atom. The first-order chi connectivity index (χ1) is 14.2. The maximum atomic E-state index is 12.1. The molecule has 3 rings (SSSR count). The molecule has 2 aromatic carbocycles. The second-order valence-electron chi connectivity index (χ2n) is 5.96. The van der Waals surface area contributed by atoms with E-state index in [0.717, 1.165) is 22.7 Å². The van der Waals surface area contributed by atoms with Gasteiger partial charge < -0.3 is 20.9 Å². The minimum atomic E-state index is -1.70. The van der Waals surface area contributed by atoms with Crippen LogP contribution in [0.25, 0.3) is 11.1 Å². The fourth-order valence-electron chi connectivity index (χ4n) is 2.85. The lowest BCUT2D eigenvalue weighted by atomic mass is 9.95. The monoisotopic (exact) mass is 427 g/mol. The molecule has 11 heteroatoms. The highest BCUT2D eigenvalue weighted by molar-refractivity contribution is 7.99. The van der Waals surface area contributed by atoms with Gasteiger partial charge in [-0.25, -0.2) is 9.59 Å². The van der Waals surface area contributed by atoms with Crippen LogP contribution in [0.3, 0.4) is 0 Å². The maximum absolute atomic E-state index is 12.1. The first kappa shape index (κ1) is 20.6. The van der Waals surface area contributed by atoms with E-state index in [-0.39, 0.29) is 16.1 Å². The molecular weight excluding hydrogens is 414 g/mol. The quantitative estimate of drug-likeness (QED) is 0.340. The van der Waals surface area contributed by atoms with Gasteiger partial charge in [-0.15, -0.1) is 0 Å². The zero-order valence-corrected chi connectivity index (χ0v) is 15.8. The average molecular weight is 427 g/mol. The third-order valence-corrected chi connectivity index (χ3v) is 5.16. The van der Waals surface area contributed by atoms with Gasteiger partial charge in [-0.05, 0) is 23.8 Å². The third kappa shape index (κ3) is 3.86. The molecule has 0 fully saturated rings. The topological polar surface area (TPSA) is 177 Å². The van der Waals surface area contributed by atoms with Crippen LogP contribution in [-0.2, 0) is 0 Å². The first-order valence-corrected chi connectivity index (χ1v) is 9.06. The summed E-state index contributed by atoms with van der Waals surface area (Å²) in [6, 6.07) is 12.5. The number of nitrogens with zero attached hydrogens (tertiary/aromatic N) is 1. The number of nitrogens with two attached hydrogens (primary N) is 1. The number of benzene rings is 2. The normalized spacial score (nSPS) is 10.5. The standard InChI is InChI=1S/C19H13N3O7S/c20-16-14(18(24)25)13(15(19(26)27)17(23)21-16)9-6-7-12(11(8-9)22(28)29)30-10-4-2-1-3-5-10/h1-8H,(H,24,25)(H,26,27)(H3,20,21,23). The maximum Gasteiger partial charge on any atom is 0.342 e. The van der Waals surface area contributed by atoms with Crippen LogP contribution in [-0.4, -0.2) is 32.1 Å². The van der Waals surface area contributed by atoms with Crippen molar-refractivity contribution in [2.45, 2.75) is 9.79 Å². The lowest BCUT2D eigenvalue weighted by Gasteiger charge is -2.13. The van der Waals surface area contributed by atoms with Crippen LogP contribution in [0.2, 0.25) is 0 Å². The Morgan fingerprint density at radius 2 is 1.67 bits per heavy atom. The van der Waals surface area contributed by atoms with Gasteiger partial charge in [-0.3, -0.25) is 14.9 Å². The Morgan fingerprint density at radius 3 is 2.23 bits per heavy atom. The van der Waals surface area contributed by atoms with Crippen molar-refractivity contribution >= 4 is 35.2 Å². The van der Waals surface area contributed by atoms with Gasteiger partial charge in [-0.1, -0.05) is 36.0 Å². The van der Waals surface area contributed by atoms with E-state index in [4.69, 9.17) is 5.73 Å². The summed E-state index contributed by atoms with van der Waals surface area (Å²) >= 11 is 1.11. The summed E-state index contributed by atoms with van der Waals surface area (Å²) in [6.07, 6.45) is 0. The molecule has 1 aromatic heterocycles. The van der Waals surface area contributed by atoms with E-state index in [1.54, 1.807) is 30.3 Å². The summed E-state index contributed by atoms with van der Waals surface area (Å²) in [6.45, 7) is 0. The largest absolute Gasteiger partial charge is 0.478 e. The molecule has 0 radical (unpaired) electrons. The number of rotatable bonds is 6. The molecule has 152 valence electrons. The van der Waals surface area contributed by atoms with E-state index >= 15 is 0 Å². The molecule has 0 bridgehead atoms. The van der Waals surface area contributed by atoms with Crippen molar-refractivity contribution in [3.05, 3.63) is 80.1 Å². The molecule has 1 heterocycles. The summed E-state index contributed by atoms with van der Waals surface area (Å²) in [5, 5.41) is 30.6. The number of anilines is 1. The average Bonchev–Trinajstić information content (AvgIpc) is 2.67. The molecule has 0 saturated heterocycles. The molecule has 3 aromatic rings. The molecule has 0 saturated carbocycles. The summed E-state index contributed by atoms with van der Waals surface area (Å²) in [7, 11) is 0. The predicted molar refractivity (Wildman–Crippen MR) is 108 cm³/mol. The van der Waals surface area contributed by atoms with Crippen molar-refractivity contribution in [1.29, 1.82) is 0 Å². The summed E-state index contributed by atoms with van der Waals surface area (Å²) < 4.78 is 0. The van der Waals surface area contributed by atoms with Gasteiger partial charge in [0.25, 0.3) is 11.2 Å². The number of aromatic carboxylic acids is 2. The van der Waals surface area contributed by atoms with Crippen LogP contribution in [0, 0.1) is 10.1 Å². The van der Waals surface area contributed by atoms with Gasteiger partial charge in [-0.2, -0.15) is 0 Å². The number of nitro benzene ring substituents is 1. The van der Waals surface area contributed by atoms with Gasteiger partial charge >= 0.3 is 11.9 Å². The number of nitrogen functional groups attached to an aromatic ring is 1. The Labute approximate surface area is 172 Å². The number of aromatic nitrogens is 1. The van der Waals surface area contributed by atoms with Gasteiger partial charge in [0.15, 0.2) is 0 Å². The van der Waals surface area contributed by atoms with E-state index in [0.29, 0.717) is 0 Å². The fraction of sp³-hybridized carbons (Fsp3) is 0. The van der Waals surface area contributed by atoms with Crippen molar-refractivity contribution in [1.82, 2.24) is 4.98 Å². The minimum Gasteiger partial charge on any atom is -0.478 e. The summed E-state index contributed by atoms with van der Waals surface area (Å²) in [5.74, 6) is -3.84. The van der Waals surface area contributed by atoms with Crippen LogP contribution in [0.5, 0.6) is 0 Å². The van der Waals surface area contributed by atoms with E-state index in [2.05, 4.69) is 0 Å². The molecular formula is C19H13N3O7S. The van der Waals surface area contributed by atoms with Gasteiger partial charge in [0.05, 0.1) is 9.82 Å². The number of hydrogen-bond acceptors (Lipinski definition) is 7. The van der Waals surface area contributed by atoms with Crippen molar-refractivity contribution in [2.24, 2.45) is 0 Å². The van der Waals surface area contributed by atoms with Crippen molar-refractivity contribution in [3.63, 3.8) is 0 Å². The number of nitro groups is 1. The van der Waals surface area contributed by atoms with Crippen molar-refractivity contribution < 1.29 is 24.7 Å². The Kier molecular flexibility index (Phi) is 5.56. The zero-order chi connectivity index (χ0) is 22.0. The summed E-state index contributed by atoms with van der Waals surface area (Å²) in [4.78, 5) is 49.4. The highest BCUT2D eigenvalue weighted by Crippen LogP contribution is 2.39. The van der Waals surface area contributed by atoms with Crippen LogP contribution in [0.4, 0.5) is 11.5 Å². The smallest absolute Gasteiger partial charge is 0.342 e. The molecule has 0 atom stereocenters. The number of nitrogens with one attached hydrogen (secondary N) is 1. The zero-order valence-electron chi connectivity index (χ0n) is 15.0. The fourth-order valence-corrected chi connectivity index (χ4v) is 3.77. The molecule has 0 spiro atoms. The molecule has 10 nitrogen and oxygen atoms in total. The molecule has 0 amide bonds. The van der Waals surface area contributed by atoms with Crippen molar-refractivity contribution in [2.75, 3.05) is 5.73 Å². The van der Waals surface area contributed by atoms with E-state index in [9.17, 15) is 34.7 Å². The molecule has 5 N–H and O–H groups in total. The lowest BCUT2D eigenvalue weighted by molar-refractivity contribution is -0.387. The van der Waals surface area contributed by atoms with Crippen LogP contribution >= 0.6 is 11.8 Å². The first-order valence-electron chi connectivity index (χ1n) is 8.24. The number of carboxylic acids is 2. The molecule has 30 heavy (non-hydrogen) atoms. The highest BCUT2D eigenvalue weighted by atomic mass is 32.2. The number of carboxylic acid groups (broad SMARTS) is 2. The molecule has 0 aliphatic heterocycles. The molecule has 0 unspecified atom stereocenters. The Balaban J connectivity index is 2.28. The van der Waals surface area contributed by atoms with Gasteiger partial charge in [0, 0.05) is 16.5 Å². The van der Waals surface area contributed by atoms with Gasteiger partial charge in [0.1, 0.15) is 16.9 Å². The Bertz CT molecular complexity index is 1240. The van der Waals surface area contributed by atoms with E-state index < -0.39 is 44.9 Å². The second-order valence-corrected chi connectivity index (χ2v) is 7.07. The lowest BCUT2D eigenvalue weighted by Crippen LogP contribution is -2.24. The van der Waals surface area contributed by atoms with E-state index in [1.807, 2.05) is 4.98 Å². The highest BCUT2D eigenvalue weighted by Gasteiger charge is 2.28. The van der Waals surface area contributed by atoms with Crippen molar-refractivity contribution in [3.8, 4) is 11.1 Å². The number of pyridine rings is 1. The molecule has 0 aliphatic carbocycles. The van der Waals surface area contributed by atoms with Crippen LogP contribution in [0.1, 0.15) is 20.7 Å². The Hall–Kier alpha value is -4.12. The van der Waals surface area contributed by atoms with Crippen LogP contribution in [0.15, 0.2) is 63.1 Å². The predicted octanol–water partition coefficient (Wildman–Crippen LogP) is 3.08. The number of hydrogen-bond donors (Lipinski definition) is 4. The number of aromatic amines is 1. The number of H-pyrrole nitrogens is 1. The number of carbonyl (C=O) groups is 2. The summed E-state index contributed by atoms with van der Waals surface area (Å²) in [5.41, 5.74) is 1.92. The third-order valence-electron chi connectivity index (χ3n) is 4.09. The van der Waals surface area contributed by atoms with E-state index in [1.165, 1.54) is 12.1 Å². The molecule has 0 aliphatic rings. The SMILES string of the molecule is Nc1[nH]c(=O)c(C(=O)O)c(-c2ccc(Sc3ccccc3)c([N+](=O)[O-])c2)c1C(=O)O. The van der Waals surface area contributed by atoms with Gasteiger partial charge in [0.2, 0.25) is 0 Å². The second kappa shape index (κ2) is 8.09. The van der Waals surface area contributed by atoms with Crippen LogP contribution < -0.4 is 11.3 Å². The minimum absolute atomic E-state index is 0.133.